The first-order chi connectivity index (χ1) is 9.59. The van der Waals surface area contributed by atoms with Crippen LogP contribution in [0.25, 0.3) is 0 Å². The molecule has 0 fully saturated rings. The van der Waals surface area contributed by atoms with Gasteiger partial charge in [-0.2, -0.15) is 13.2 Å². The number of alkyl halides is 3. The zero-order valence-corrected chi connectivity index (χ0v) is 12.2. The zero-order valence-electron chi connectivity index (χ0n) is 12.2. The van der Waals surface area contributed by atoms with Crippen molar-refractivity contribution in [2.45, 2.75) is 32.6 Å². The molecule has 0 aromatic heterocycles. The summed E-state index contributed by atoms with van der Waals surface area (Å²) < 4.78 is 38.0. The first-order valence-corrected chi connectivity index (χ1v) is 6.46. The Hall–Kier alpha value is -1.76. The Labute approximate surface area is 121 Å². The number of nitrogens with one attached hydrogen (secondary N) is 1. The maximum atomic E-state index is 12.7. The minimum atomic E-state index is -4.60. The van der Waals surface area contributed by atoms with Gasteiger partial charge in [-0.25, -0.2) is 0 Å². The van der Waals surface area contributed by atoms with Gasteiger partial charge in [0.2, 0.25) is 5.91 Å². The second-order valence-corrected chi connectivity index (χ2v) is 5.24. The fourth-order valence-corrected chi connectivity index (χ4v) is 1.89. The van der Waals surface area contributed by atoms with Gasteiger partial charge in [-0.15, -0.1) is 0 Å². The van der Waals surface area contributed by atoms with Gasteiger partial charge >= 0.3 is 6.18 Å². The van der Waals surface area contributed by atoms with Crippen LogP contribution in [0.15, 0.2) is 18.2 Å². The number of nitrogens with zero attached hydrogens (tertiary/aromatic N) is 1. The van der Waals surface area contributed by atoms with E-state index in [1.807, 2.05) is 13.8 Å². The first-order valence-electron chi connectivity index (χ1n) is 6.46. The van der Waals surface area contributed by atoms with E-state index in [4.69, 9.17) is 0 Å². The van der Waals surface area contributed by atoms with Gasteiger partial charge in [0.25, 0.3) is 0 Å². The van der Waals surface area contributed by atoms with Crippen molar-refractivity contribution < 1.29 is 23.1 Å². The molecule has 21 heavy (non-hydrogen) atoms. The van der Waals surface area contributed by atoms with Crippen molar-refractivity contribution in [3.05, 3.63) is 29.3 Å². The number of likely N-dealkylation sites (N-methyl/N-ethyl adjacent to an activating group) is 1. The maximum Gasteiger partial charge on any atom is 0.419 e. The van der Waals surface area contributed by atoms with Crippen LogP contribution < -0.4 is 5.32 Å². The summed E-state index contributed by atoms with van der Waals surface area (Å²) in [6.07, 6.45) is -4.60. The lowest BCUT2D eigenvalue weighted by Crippen LogP contribution is -2.38. The van der Waals surface area contributed by atoms with Crippen LogP contribution in [0.4, 0.5) is 13.2 Å². The zero-order chi connectivity index (χ0) is 16.2. The Balaban J connectivity index is 2.73. The van der Waals surface area contributed by atoms with Gasteiger partial charge in [-0.3, -0.25) is 9.69 Å². The molecule has 0 aliphatic carbocycles. The van der Waals surface area contributed by atoms with Crippen molar-refractivity contribution in [2.24, 2.45) is 0 Å². The molecule has 0 aliphatic rings. The number of hydrogen-bond donors (Lipinski definition) is 2. The predicted molar refractivity (Wildman–Crippen MR) is 72.7 cm³/mol. The third-order valence-electron chi connectivity index (χ3n) is 2.68. The fraction of sp³-hybridized carbons (Fsp3) is 0.500. The number of hydrogen-bond acceptors (Lipinski definition) is 3. The van der Waals surface area contributed by atoms with Crippen LogP contribution in [0.3, 0.4) is 0 Å². The smallest absolute Gasteiger partial charge is 0.419 e. The van der Waals surface area contributed by atoms with Crippen LogP contribution in [0.1, 0.15) is 25.0 Å². The Bertz CT molecular complexity index is 501. The number of carbonyl (C=O) groups is 1. The summed E-state index contributed by atoms with van der Waals surface area (Å²) in [5.41, 5.74) is -0.694. The van der Waals surface area contributed by atoms with Gasteiger partial charge in [0.05, 0.1) is 12.1 Å². The van der Waals surface area contributed by atoms with Gasteiger partial charge in [0, 0.05) is 12.6 Å². The lowest BCUT2D eigenvalue weighted by molar-refractivity contribution is -0.138. The normalized spacial score (nSPS) is 12.0. The molecule has 0 atom stereocenters. The Morgan fingerprint density at radius 2 is 2.00 bits per heavy atom. The summed E-state index contributed by atoms with van der Waals surface area (Å²) in [6, 6.07) is 3.32. The minimum Gasteiger partial charge on any atom is -0.507 e. The number of phenolic OH excluding ortho intramolecular Hbond substituents is 1. The molecule has 0 heterocycles. The molecule has 0 saturated carbocycles. The van der Waals surface area contributed by atoms with E-state index < -0.39 is 17.5 Å². The van der Waals surface area contributed by atoms with Crippen LogP contribution in [-0.2, 0) is 17.5 Å². The first kappa shape index (κ1) is 17.3. The number of carbonyl (C=O) groups excluding carboxylic acids is 1. The monoisotopic (exact) mass is 304 g/mol. The van der Waals surface area contributed by atoms with E-state index in [1.165, 1.54) is 6.07 Å². The molecule has 0 unspecified atom stereocenters. The van der Waals surface area contributed by atoms with E-state index in [2.05, 4.69) is 5.32 Å². The molecule has 1 aromatic rings. The summed E-state index contributed by atoms with van der Waals surface area (Å²) >= 11 is 0. The number of rotatable bonds is 5. The number of phenols is 1. The average molecular weight is 304 g/mol. The highest BCUT2D eigenvalue weighted by Crippen LogP contribution is 2.36. The summed E-state index contributed by atoms with van der Waals surface area (Å²) in [4.78, 5) is 13.2. The molecule has 0 bridgehead atoms. The summed E-state index contributed by atoms with van der Waals surface area (Å²) in [5.74, 6) is -0.992. The quantitative estimate of drug-likeness (QED) is 0.878. The molecule has 1 aromatic carbocycles. The second kappa shape index (κ2) is 6.80. The molecule has 1 amide bonds. The third kappa shape index (κ3) is 5.63. The number of amides is 1. The van der Waals surface area contributed by atoms with Crippen LogP contribution >= 0.6 is 0 Å². The standard InChI is InChI=1S/C14H19F3N2O2/c1-9(2)18-13(21)8-19(3)7-10-4-5-12(20)11(6-10)14(15,16)17/h4-6,9,20H,7-8H2,1-3H3,(H,18,21). The number of aromatic hydroxyl groups is 1. The van der Waals surface area contributed by atoms with Crippen molar-refractivity contribution in [1.82, 2.24) is 10.2 Å². The molecule has 0 saturated heterocycles. The lowest BCUT2D eigenvalue weighted by Gasteiger charge is -2.18. The second-order valence-electron chi connectivity index (χ2n) is 5.24. The lowest BCUT2D eigenvalue weighted by atomic mass is 10.1. The Morgan fingerprint density at radius 1 is 1.38 bits per heavy atom. The van der Waals surface area contributed by atoms with Crippen molar-refractivity contribution >= 4 is 5.91 Å². The fourth-order valence-electron chi connectivity index (χ4n) is 1.89. The number of benzene rings is 1. The summed E-state index contributed by atoms with van der Waals surface area (Å²) in [5, 5.41) is 12.0. The molecular formula is C14H19F3N2O2. The van der Waals surface area contributed by atoms with E-state index in [0.717, 1.165) is 12.1 Å². The van der Waals surface area contributed by atoms with Crippen LogP contribution in [0.5, 0.6) is 5.75 Å². The summed E-state index contributed by atoms with van der Waals surface area (Å²) in [6.45, 7) is 3.91. The average Bonchev–Trinajstić information content (AvgIpc) is 2.28. The van der Waals surface area contributed by atoms with Gasteiger partial charge in [-0.1, -0.05) is 6.07 Å². The number of halogens is 3. The highest BCUT2D eigenvalue weighted by atomic mass is 19.4. The van der Waals surface area contributed by atoms with Crippen molar-refractivity contribution in [3.8, 4) is 5.75 Å². The molecule has 4 nitrogen and oxygen atoms in total. The van der Waals surface area contributed by atoms with Crippen molar-refractivity contribution in [2.75, 3.05) is 13.6 Å². The predicted octanol–water partition coefficient (Wildman–Crippen LogP) is 2.37. The van der Waals surface area contributed by atoms with E-state index in [0.29, 0.717) is 5.56 Å². The molecule has 0 radical (unpaired) electrons. The largest absolute Gasteiger partial charge is 0.507 e. The van der Waals surface area contributed by atoms with Gasteiger partial charge in [0.15, 0.2) is 0 Å². The molecular weight excluding hydrogens is 285 g/mol. The van der Waals surface area contributed by atoms with Crippen LogP contribution in [0.2, 0.25) is 0 Å². The molecule has 1 rings (SSSR count). The molecule has 2 N–H and O–H groups in total. The van der Waals surface area contributed by atoms with E-state index in [-0.39, 0.29) is 25.0 Å². The third-order valence-corrected chi connectivity index (χ3v) is 2.68. The summed E-state index contributed by atoms with van der Waals surface area (Å²) in [7, 11) is 1.64. The molecule has 7 heteroatoms. The van der Waals surface area contributed by atoms with E-state index >= 15 is 0 Å². The Morgan fingerprint density at radius 3 is 2.52 bits per heavy atom. The highest BCUT2D eigenvalue weighted by molar-refractivity contribution is 5.78. The van der Waals surface area contributed by atoms with Crippen molar-refractivity contribution in [3.63, 3.8) is 0 Å². The van der Waals surface area contributed by atoms with Crippen LogP contribution in [-0.4, -0.2) is 35.5 Å². The molecule has 0 spiro atoms. The molecule has 0 aliphatic heterocycles. The van der Waals surface area contributed by atoms with E-state index in [9.17, 15) is 23.1 Å². The maximum absolute atomic E-state index is 12.7. The van der Waals surface area contributed by atoms with Crippen molar-refractivity contribution in [1.29, 1.82) is 0 Å². The topological polar surface area (TPSA) is 52.6 Å². The van der Waals surface area contributed by atoms with Gasteiger partial charge in [-0.05, 0) is 38.6 Å². The van der Waals surface area contributed by atoms with E-state index in [1.54, 1.807) is 11.9 Å². The van der Waals surface area contributed by atoms with Gasteiger partial charge < -0.3 is 10.4 Å². The highest BCUT2D eigenvalue weighted by Gasteiger charge is 2.34. The minimum absolute atomic E-state index is 0.0106. The Kier molecular flexibility index (Phi) is 5.60. The van der Waals surface area contributed by atoms with Crippen LogP contribution in [0, 0.1) is 0 Å². The molecule has 118 valence electrons. The van der Waals surface area contributed by atoms with Gasteiger partial charge in [0.1, 0.15) is 5.75 Å². The SMILES string of the molecule is CC(C)NC(=O)CN(C)Cc1ccc(O)c(C(F)(F)F)c1.